The number of hydrogen-bond donors (Lipinski definition) is 0. The van der Waals surface area contributed by atoms with Gasteiger partial charge in [-0.1, -0.05) is 18.2 Å². The second kappa shape index (κ2) is 6.06. The molecule has 0 N–H and O–H groups in total. The number of hydrogen-bond acceptors (Lipinski definition) is 3. The number of fused-ring (bicyclic) bond motifs is 1. The summed E-state index contributed by atoms with van der Waals surface area (Å²) in [7, 11) is 3.31. The Morgan fingerprint density at radius 2 is 1.59 bits per heavy atom. The first-order valence-corrected chi connectivity index (χ1v) is 7.27. The molecule has 0 saturated carbocycles. The number of carbonyl (C=O) groups is 1. The number of aldehydes is 1. The van der Waals surface area contributed by atoms with Crippen molar-refractivity contribution >= 4 is 11.9 Å². The van der Waals surface area contributed by atoms with Crippen molar-refractivity contribution in [2.45, 2.75) is 12.8 Å². The molecule has 112 valence electrons. The summed E-state index contributed by atoms with van der Waals surface area (Å²) in [6.07, 6.45) is 2.60. The van der Waals surface area contributed by atoms with Crippen LogP contribution in [-0.4, -0.2) is 20.5 Å². The highest BCUT2D eigenvalue weighted by Crippen LogP contribution is 2.37. The predicted molar refractivity (Wildman–Crippen MR) is 86.4 cm³/mol. The molecule has 0 bridgehead atoms. The average molecular weight is 294 g/mol. The van der Waals surface area contributed by atoms with Gasteiger partial charge in [0, 0.05) is 5.57 Å². The van der Waals surface area contributed by atoms with E-state index in [2.05, 4.69) is 6.07 Å². The first-order valence-electron chi connectivity index (χ1n) is 7.27. The molecule has 22 heavy (non-hydrogen) atoms. The molecule has 3 rings (SSSR count). The molecular formula is C19H18O3. The largest absolute Gasteiger partial charge is 0.497 e. The van der Waals surface area contributed by atoms with Crippen molar-refractivity contribution in [3.63, 3.8) is 0 Å². The van der Waals surface area contributed by atoms with E-state index in [0.29, 0.717) is 0 Å². The zero-order valence-electron chi connectivity index (χ0n) is 12.8. The van der Waals surface area contributed by atoms with Crippen LogP contribution in [0, 0.1) is 0 Å². The van der Waals surface area contributed by atoms with Crippen molar-refractivity contribution in [2.75, 3.05) is 14.2 Å². The van der Waals surface area contributed by atoms with Crippen molar-refractivity contribution in [1.82, 2.24) is 0 Å². The minimum atomic E-state index is 0.755. The Morgan fingerprint density at radius 3 is 2.23 bits per heavy atom. The highest BCUT2D eigenvalue weighted by Gasteiger charge is 2.20. The number of carbonyl (C=O) groups excluding carboxylic acids is 1. The van der Waals surface area contributed by atoms with E-state index in [1.54, 1.807) is 14.2 Å². The van der Waals surface area contributed by atoms with Gasteiger partial charge in [-0.2, -0.15) is 0 Å². The van der Waals surface area contributed by atoms with Gasteiger partial charge >= 0.3 is 0 Å². The van der Waals surface area contributed by atoms with Crippen LogP contribution in [0.25, 0.3) is 5.57 Å². The van der Waals surface area contributed by atoms with Crippen LogP contribution in [0.3, 0.4) is 0 Å². The molecule has 0 fully saturated rings. The minimum Gasteiger partial charge on any atom is -0.497 e. The van der Waals surface area contributed by atoms with Crippen LogP contribution in [0.4, 0.5) is 0 Å². The number of allylic oxidation sites excluding steroid dienone is 1. The highest BCUT2D eigenvalue weighted by molar-refractivity contribution is 5.96. The van der Waals surface area contributed by atoms with Crippen molar-refractivity contribution in [2.24, 2.45) is 0 Å². The van der Waals surface area contributed by atoms with Crippen molar-refractivity contribution < 1.29 is 14.3 Å². The van der Waals surface area contributed by atoms with Gasteiger partial charge < -0.3 is 9.47 Å². The van der Waals surface area contributed by atoms with Crippen LogP contribution in [0.15, 0.2) is 48.0 Å². The summed E-state index contributed by atoms with van der Waals surface area (Å²) in [6.45, 7) is 0. The smallest absolute Gasteiger partial charge is 0.146 e. The second-order valence-corrected chi connectivity index (χ2v) is 5.27. The van der Waals surface area contributed by atoms with E-state index in [0.717, 1.165) is 52.9 Å². The molecule has 0 heterocycles. The maximum Gasteiger partial charge on any atom is 0.146 e. The van der Waals surface area contributed by atoms with Crippen LogP contribution in [0.2, 0.25) is 0 Å². The Morgan fingerprint density at radius 1 is 0.909 bits per heavy atom. The van der Waals surface area contributed by atoms with E-state index in [9.17, 15) is 4.79 Å². The van der Waals surface area contributed by atoms with Gasteiger partial charge in [0.2, 0.25) is 0 Å². The number of rotatable bonds is 4. The van der Waals surface area contributed by atoms with Crippen molar-refractivity contribution in [3.05, 3.63) is 64.7 Å². The van der Waals surface area contributed by atoms with Crippen LogP contribution in [0.5, 0.6) is 11.5 Å². The second-order valence-electron chi connectivity index (χ2n) is 5.27. The lowest BCUT2D eigenvalue weighted by molar-refractivity contribution is -0.105. The summed E-state index contributed by atoms with van der Waals surface area (Å²) in [4.78, 5) is 11.5. The quantitative estimate of drug-likeness (QED) is 0.807. The summed E-state index contributed by atoms with van der Waals surface area (Å²) >= 11 is 0. The fourth-order valence-corrected chi connectivity index (χ4v) is 2.93. The summed E-state index contributed by atoms with van der Waals surface area (Å²) in [6, 6.07) is 13.9. The molecule has 1 aliphatic carbocycles. The van der Waals surface area contributed by atoms with Gasteiger partial charge in [-0.15, -0.1) is 0 Å². The molecule has 0 aromatic heterocycles. The topological polar surface area (TPSA) is 35.5 Å². The summed E-state index contributed by atoms with van der Waals surface area (Å²) in [5, 5.41) is 0. The Hall–Kier alpha value is -2.55. The summed E-state index contributed by atoms with van der Waals surface area (Å²) in [5.41, 5.74) is 5.23. The molecular weight excluding hydrogens is 276 g/mol. The Labute approximate surface area is 130 Å². The third-order valence-electron chi connectivity index (χ3n) is 4.09. The fraction of sp³-hybridized carbons (Fsp3) is 0.211. The molecule has 0 atom stereocenters. The average Bonchev–Trinajstić information content (AvgIpc) is 2.60. The minimum absolute atomic E-state index is 0.755. The van der Waals surface area contributed by atoms with Gasteiger partial charge in [-0.3, -0.25) is 4.79 Å². The Balaban J connectivity index is 2.13. The first kappa shape index (κ1) is 14.4. The lowest BCUT2D eigenvalue weighted by Gasteiger charge is -2.22. The van der Waals surface area contributed by atoms with Gasteiger partial charge in [0.25, 0.3) is 0 Å². The van der Waals surface area contributed by atoms with E-state index >= 15 is 0 Å². The molecule has 0 radical (unpaired) electrons. The normalized spacial score (nSPS) is 13.5. The molecule has 3 nitrogen and oxygen atoms in total. The molecule has 2 aromatic carbocycles. The van der Waals surface area contributed by atoms with Crippen molar-refractivity contribution in [3.8, 4) is 11.5 Å². The number of ether oxygens (including phenoxy) is 2. The fourth-order valence-electron chi connectivity index (χ4n) is 2.93. The third kappa shape index (κ3) is 2.50. The molecule has 2 aromatic rings. The molecule has 1 aliphatic rings. The summed E-state index contributed by atoms with van der Waals surface area (Å²) in [5.74, 6) is 1.66. The molecule has 0 spiro atoms. The van der Waals surface area contributed by atoms with Gasteiger partial charge in [-0.05, 0) is 59.4 Å². The van der Waals surface area contributed by atoms with E-state index in [-0.39, 0.29) is 0 Å². The van der Waals surface area contributed by atoms with E-state index in [4.69, 9.17) is 9.47 Å². The van der Waals surface area contributed by atoms with Crippen LogP contribution in [-0.2, 0) is 11.2 Å². The molecule has 3 heteroatoms. The van der Waals surface area contributed by atoms with Crippen molar-refractivity contribution in [1.29, 1.82) is 0 Å². The van der Waals surface area contributed by atoms with Gasteiger partial charge in [0.15, 0.2) is 0 Å². The Bertz CT molecular complexity index is 727. The highest BCUT2D eigenvalue weighted by atomic mass is 16.5. The molecule has 0 saturated heterocycles. The lowest BCUT2D eigenvalue weighted by atomic mass is 9.82. The number of benzene rings is 2. The van der Waals surface area contributed by atoms with Gasteiger partial charge in [0.05, 0.1) is 14.2 Å². The van der Waals surface area contributed by atoms with Crippen LogP contribution < -0.4 is 9.47 Å². The summed E-state index contributed by atoms with van der Waals surface area (Å²) < 4.78 is 10.5. The maximum absolute atomic E-state index is 11.5. The SMILES string of the molecule is COc1ccc(C2=C(C=O)CCc3cc(OC)ccc32)cc1. The predicted octanol–water partition coefficient (Wildman–Crippen LogP) is 3.65. The zero-order valence-corrected chi connectivity index (χ0v) is 12.8. The number of aryl methyl sites for hydroxylation is 1. The zero-order chi connectivity index (χ0) is 15.5. The molecule has 0 amide bonds. The van der Waals surface area contributed by atoms with Crippen LogP contribution in [0.1, 0.15) is 23.1 Å². The van der Waals surface area contributed by atoms with Gasteiger partial charge in [0.1, 0.15) is 17.8 Å². The monoisotopic (exact) mass is 294 g/mol. The maximum atomic E-state index is 11.5. The first-order chi connectivity index (χ1) is 10.8. The van der Waals surface area contributed by atoms with E-state index in [1.165, 1.54) is 5.56 Å². The molecule has 0 aliphatic heterocycles. The van der Waals surface area contributed by atoms with E-state index < -0.39 is 0 Å². The lowest BCUT2D eigenvalue weighted by Crippen LogP contribution is -2.07. The standard InChI is InChI=1S/C19H18O3/c1-21-16-7-5-13(6-8-16)19-15(12-20)4-3-14-11-17(22-2)9-10-18(14)19/h5-12H,3-4H2,1-2H3. The number of methoxy groups -OCH3 is 2. The van der Waals surface area contributed by atoms with Crippen LogP contribution >= 0.6 is 0 Å². The van der Waals surface area contributed by atoms with Gasteiger partial charge in [-0.25, -0.2) is 0 Å². The molecule has 0 unspecified atom stereocenters. The third-order valence-corrected chi connectivity index (χ3v) is 4.09. The Kier molecular flexibility index (Phi) is 3.96. The van der Waals surface area contributed by atoms with E-state index in [1.807, 2.05) is 36.4 Å².